The summed E-state index contributed by atoms with van der Waals surface area (Å²) in [5, 5.41) is 1.05. The van der Waals surface area contributed by atoms with Gasteiger partial charge in [-0.15, -0.1) is 0 Å². The fraction of sp³-hybridized carbons (Fsp3) is 0.250. The van der Waals surface area contributed by atoms with Crippen molar-refractivity contribution in [1.82, 2.24) is 4.57 Å². The number of imidazole rings is 1. The molecule has 0 saturated heterocycles. The third-order valence-corrected chi connectivity index (χ3v) is 6.78. The van der Waals surface area contributed by atoms with Crippen molar-refractivity contribution in [2.45, 2.75) is 18.0 Å². The number of hydrogen-bond acceptors (Lipinski definition) is 1. The van der Waals surface area contributed by atoms with Crippen LogP contribution in [0.2, 0.25) is 5.32 Å². The minimum absolute atomic E-state index is 0.152. The number of aryl methyl sites for hydroxylation is 1. The van der Waals surface area contributed by atoms with Crippen LogP contribution < -0.4 is 9.03 Å². The van der Waals surface area contributed by atoms with Crippen molar-refractivity contribution in [2.75, 3.05) is 6.61 Å². The van der Waals surface area contributed by atoms with E-state index < -0.39 is 0 Å². The quantitative estimate of drug-likeness (QED) is 0.258. The van der Waals surface area contributed by atoms with Crippen LogP contribution in [0.1, 0.15) is 11.7 Å². The van der Waals surface area contributed by atoms with Crippen molar-refractivity contribution in [2.24, 2.45) is 7.05 Å². The number of halogens is 1. The third kappa shape index (κ3) is 5.96. The first kappa shape index (κ1) is 18.6. The molecular formula is C20H22IN2OSe+. The summed E-state index contributed by atoms with van der Waals surface area (Å²) >= 11 is 2.78. The molecule has 0 aliphatic carbocycles. The van der Waals surface area contributed by atoms with Crippen LogP contribution in [0.15, 0.2) is 73.3 Å². The number of rotatable bonds is 8. The zero-order valence-electron chi connectivity index (χ0n) is 14.2. The summed E-state index contributed by atoms with van der Waals surface area (Å²) in [6.45, 7) is 1.59. The van der Waals surface area contributed by atoms with Crippen LogP contribution in [-0.4, -0.2) is 26.1 Å². The van der Waals surface area contributed by atoms with Crippen LogP contribution >= 0.6 is 22.6 Å². The fourth-order valence-corrected chi connectivity index (χ4v) is 5.20. The standard InChI is InChI=1S/C20H22IN2OSe/c1-22-10-11-23(16-22)12-13-24-20(17-6-5-7-18(21)14-17)15-25-19-8-3-2-4-9-19/h2-11,14,16,20H,12-13,15H2,1H3/q+1. The number of hydrogen-bond donors (Lipinski definition) is 0. The Bertz CT molecular complexity index is 791. The van der Waals surface area contributed by atoms with Gasteiger partial charge in [0, 0.05) is 0 Å². The number of aromatic nitrogens is 2. The first-order valence-corrected chi connectivity index (χ1v) is 11.4. The van der Waals surface area contributed by atoms with Gasteiger partial charge in [0.15, 0.2) is 0 Å². The summed E-state index contributed by atoms with van der Waals surface area (Å²) in [4.78, 5) is 0. The molecule has 0 N–H and O–H groups in total. The van der Waals surface area contributed by atoms with Crippen molar-refractivity contribution in [3.05, 3.63) is 82.5 Å². The second kappa shape index (κ2) is 9.53. The molecule has 2 aromatic carbocycles. The molecule has 0 fully saturated rings. The van der Waals surface area contributed by atoms with E-state index >= 15 is 0 Å². The van der Waals surface area contributed by atoms with Gasteiger partial charge >= 0.3 is 170 Å². The van der Waals surface area contributed by atoms with E-state index in [-0.39, 0.29) is 6.10 Å². The van der Waals surface area contributed by atoms with E-state index in [2.05, 4.69) is 105 Å². The minimum atomic E-state index is 0.152. The molecule has 1 heterocycles. The van der Waals surface area contributed by atoms with Gasteiger partial charge in [0.05, 0.1) is 0 Å². The average molecular weight is 512 g/mol. The third-order valence-electron chi connectivity index (χ3n) is 3.86. The molecule has 0 aliphatic heterocycles. The molecule has 0 spiro atoms. The Balaban J connectivity index is 1.63. The van der Waals surface area contributed by atoms with Gasteiger partial charge in [-0.25, -0.2) is 0 Å². The molecule has 0 amide bonds. The Labute approximate surface area is 169 Å². The molecule has 3 nitrogen and oxygen atoms in total. The molecule has 1 unspecified atom stereocenters. The van der Waals surface area contributed by atoms with Gasteiger partial charge < -0.3 is 0 Å². The van der Waals surface area contributed by atoms with Crippen LogP contribution in [0.3, 0.4) is 0 Å². The normalized spacial score (nSPS) is 12.2. The van der Waals surface area contributed by atoms with Crippen molar-refractivity contribution in [3.8, 4) is 0 Å². The molecule has 0 bridgehead atoms. The van der Waals surface area contributed by atoms with Crippen molar-refractivity contribution < 1.29 is 9.30 Å². The van der Waals surface area contributed by atoms with Crippen LogP contribution in [0.5, 0.6) is 0 Å². The molecule has 5 heteroatoms. The van der Waals surface area contributed by atoms with E-state index in [9.17, 15) is 0 Å². The molecule has 0 saturated carbocycles. The summed E-state index contributed by atoms with van der Waals surface area (Å²) in [6, 6.07) is 19.4. The van der Waals surface area contributed by atoms with Crippen molar-refractivity contribution >= 4 is 42.0 Å². The van der Waals surface area contributed by atoms with Crippen LogP contribution in [-0.2, 0) is 18.3 Å². The summed E-state index contributed by atoms with van der Waals surface area (Å²) in [6.07, 6.45) is 6.37. The SMILES string of the molecule is C[n+]1ccn(CCOC(C[Se]c2ccccc2)c2cccc(I)c2)c1. The Morgan fingerprint density at radius 2 is 2.00 bits per heavy atom. The Morgan fingerprint density at radius 1 is 1.16 bits per heavy atom. The van der Waals surface area contributed by atoms with Crippen LogP contribution in [0.4, 0.5) is 0 Å². The molecule has 3 rings (SSSR count). The van der Waals surface area contributed by atoms with E-state index in [0.29, 0.717) is 15.0 Å². The molecule has 1 atom stereocenters. The predicted molar refractivity (Wildman–Crippen MR) is 110 cm³/mol. The van der Waals surface area contributed by atoms with Gasteiger partial charge in [-0.3, -0.25) is 0 Å². The molecule has 0 radical (unpaired) electrons. The summed E-state index contributed by atoms with van der Waals surface area (Å²) in [5.74, 6) is 0. The topological polar surface area (TPSA) is 18.0 Å². The van der Waals surface area contributed by atoms with Gasteiger partial charge in [-0.1, -0.05) is 0 Å². The Morgan fingerprint density at radius 3 is 2.72 bits per heavy atom. The van der Waals surface area contributed by atoms with E-state index in [1.165, 1.54) is 13.6 Å². The molecule has 1 aromatic heterocycles. The number of nitrogens with zero attached hydrogens (tertiary/aromatic N) is 2. The molecule has 3 aromatic rings. The summed E-state index contributed by atoms with van der Waals surface area (Å²) < 4.78 is 13.2. The first-order chi connectivity index (χ1) is 12.2. The zero-order chi connectivity index (χ0) is 17.5. The first-order valence-electron chi connectivity index (χ1n) is 8.26. The van der Waals surface area contributed by atoms with E-state index in [4.69, 9.17) is 4.74 Å². The maximum absolute atomic E-state index is 6.30. The van der Waals surface area contributed by atoms with Gasteiger partial charge in [-0.2, -0.15) is 0 Å². The summed E-state index contributed by atoms with van der Waals surface area (Å²) in [7, 11) is 2.04. The van der Waals surface area contributed by atoms with Crippen LogP contribution in [0.25, 0.3) is 0 Å². The Kier molecular flexibility index (Phi) is 7.11. The maximum atomic E-state index is 6.30. The zero-order valence-corrected chi connectivity index (χ0v) is 18.1. The number of ether oxygens (including phenoxy) is 1. The molecule has 25 heavy (non-hydrogen) atoms. The summed E-state index contributed by atoms with van der Waals surface area (Å²) in [5.41, 5.74) is 1.28. The van der Waals surface area contributed by atoms with Gasteiger partial charge in [0.1, 0.15) is 0 Å². The predicted octanol–water partition coefficient (Wildman–Crippen LogP) is 3.12. The van der Waals surface area contributed by atoms with E-state index in [0.717, 1.165) is 18.5 Å². The molecular weight excluding hydrogens is 490 g/mol. The van der Waals surface area contributed by atoms with Gasteiger partial charge in [-0.05, 0) is 0 Å². The monoisotopic (exact) mass is 513 g/mol. The van der Waals surface area contributed by atoms with Gasteiger partial charge in [0.25, 0.3) is 0 Å². The fourth-order valence-electron chi connectivity index (χ4n) is 2.57. The van der Waals surface area contributed by atoms with E-state index in [1.807, 2.05) is 7.05 Å². The van der Waals surface area contributed by atoms with Crippen molar-refractivity contribution in [1.29, 1.82) is 0 Å². The van der Waals surface area contributed by atoms with E-state index in [1.54, 1.807) is 0 Å². The van der Waals surface area contributed by atoms with Crippen LogP contribution in [0, 0.1) is 3.57 Å². The second-order valence-corrected chi connectivity index (χ2v) is 9.40. The molecule has 130 valence electrons. The molecule has 0 aliphatic rings. The van der Waals surface area contributed by atoms with Crippen molar-refractivity contribution in [3.63, 3.8) is 0 Å². The number of benzene rings is 2. The van der Waals surface area contributed by atoms with Gasteiger partial charge in [0.2, 0.25) is 0 Å². The second-order valence-electron chi connectivity index (χ2n) is 5.86. The Hall–Kier alpha value is -1.14. The average Bonchev–Trinajstić information content (AvgIpc) is 3.04.